The summed E-state index contributed by atoms with van der Waals surface area (Å²) in [5.74, 6) is 1.35. The number of likely N-dealkylation sites (N-methyl/N-ethyl adjacent to an activating group) is 1. The van der Waals surface area contributed by atoms with E-state index < -0.39 is 0 Å². The van der Waals surface area contributed by atoms with Crippen LogP contribution < -0.4 is 5.73 Å². The molecule has 0 spiro atoms. The molecule has 0 aromatic rings. The van der Waals surface area contributed by atoms with Crippen LogP contribution in [0.25, 0.3) is 0 Å². The molecule has 0 amide bonds. The lowest BCUT2D eigenvalue weighted by Gasteiger charge is -2.46. The van der Waals surface area contributed by atoms with E-state index in [1.807, 2.05) is 0 Å². The van der Waals surface area contributed by atoms with E-state index in [2.05, 4.69) is 39.6 Å². The molecule has 108 valence electrons. The van der Waals surface area contributed by atoms with Crippen LogP contribution in [0.3, 0.4) is 0 Å². The molecule has 3 heteroatoms. The van der Waals surface area contributed by atoms with Gasteiger partial charge in [0.15, 0.2) is 0 Å². The summed E-state index contributed by atoms with van der Waals surface area (Å²) in [5.41, 5.74) is 6.31. The topological polar surface area (TPSA) is 49.5 Å². The Morgan fingerprint density at radius 1 is 1.33 bits per heavy atom. The molecule has 1 saturated carbocycles. The fraction of sp³-hybridized carbons (Fsp3) is 1.00. The second-order valence-corrected chi connectivity index (χ2v) is 7.14. The van der Waals surface area contributed by atoms with Crippen molar-refractivity contribution in [3.8, 4) is 0 Å². The zero-order valence-corrected chi connectivity index (χ0v) is 12.8. The molecule has 1 fully saturated rings. The van der Waals surface area contributed by atoms with Crippen molar-refractivity contribution < 1.29 is 5.11 Å². The summed E-state index contributed by atoms with van der Waals surface area (Å²) in [6.07, 6.45) is 3.74. The van der Waals surface area contributed by atoms with Crippen LogP contribution in [-0.4, -0.2) is 42.3 Å². The number of hydrogen-bond donors (Lipinski definition) is 2. The van der Waals surface area contributed by atoms with Crippen molar-refractivity contribution in [3.63, 3.8) is 0 Å². The third kappa shape index (κ3) is 3.69. The van der Waals surface area contributed by atoms with Gasteiger partial charge in [-0.15, -0.1) is 0 Å². The summed E-state index contributed by atoms with van der Waals surface area (Å²) in [4.78, 5) is 2.34. The molecule has 4 atom stereocenters. The zero-order valence-electron chi connectivity index (χ0n) is 12.8. The van der Waals surface area contributed by atoms with E-state index in [0.717, 1.165) is 12.5 Å². The highest BCUT2D eigenvalue weighted by Gasteiger charge is 2.37. The van der Waals surface area contributed by atoms with Gasteiger partial charge >= 0.3 is 0 Å². The van der Waals surface area contributed by atoms with E-state index in [4.69, 9.17) is 5.73 Å². The average molecular weight is 256 g/mol. The second-order valence-electron chi connectivity index (χ2n) is 7.14. The van der Waals surface area contributed by atoms with Gasteiger partial charge < -0.3 is 10.8 Å². The van der Waals surface area contributed by atoms with Gasteiger partial charge in [0, 0.05) is 12.1 Å². The Kier molecular flexibility index (Phi) is 5.63. The molecular weight excluding hydrogens is 224 g/mol. The predicted molar refractivity (Wildman–Crippen MR) is 77.4 cm³/mol. The third-order valence-electron chi connectivity index (χ3n) is 4.97. The van der Waals surface area contributed by atoms with Gasteiger partial charge in [0.1, 0.15) is 0 Å². The van der Waals surface area contributed by atoms with Crippen molar-refractivity contribution in [3.05, 3.63) is 0 Å². The van der Waals surface area contributed by atoms with E-state index >= 15 is 0 Å². The van der Waals surface area contributed by atoms with E-state index in [1.165, 1.54) is 19.3 Å². The maximum Gasteiger partial charge on any atom is 0.0584 e. The lowest BCUT2D eigenvalue weighted by Crippen LogP contribution is -2.50. The number of rotatable bonds is 4. The van der Waals surface area contributed by atoms with Gasteiger partial charge in [-0.1, -0.05) is 20.8 Å². The predicted octanol–water partition coefficient (Wildman–Crippen LogP) is 2.09. The molecule has 3 nitrogen and oxygen atoms in total. The Bertz CT molecular complexity index is 249. The lowest BCUT2D eigenvalue weighted by molar-refractivity contribution is 0.0259. The smallest absolute Gasteiger partial charge is 0.0584 e. The van der Waals surface area contributed by atoms with Gasteiger partial charge in [-0.05, 0) is 57.0 Å². The van der Waals surface area contributed by atoms with Gasteiger partial charge in [0.05, 0.1) is 6.61 Å². The van der Waals surface area contributed by atoms with Crippen LogP contribution in [0.5, 0.6) is 0 Å². The summed E-state index contributed by atoms with van der Waals surface area (Å²) < 4.78 is 0. The van der Waals surface area contributed by atoms with Gasteiger partial charge in [-0.2, -0.15) is 0 Å². The highest BCUT2D eigenvalue weighted by atomic mass is 16.3. The summed E-state index contributed by atoms with van der Waals surface area (Å²) in [6.45, 7) is 10.1. The maximum absolute atomic E-state index is 9.35. The molecule has 0 aliphatic heterocycles. The zero-order chi connectivity index (χ0) is 13.9. The molecular formula is C15H32N2O. The minimum absolute atomic E-state index is 0.225. The number of aliphatic hydroxyl groups is 1. The van der Waals surface area contributed by atoms with Crippen molar-refractivity contribution >= 4 is 0 Å². The minimum Gasteiger partial charge on any atom is -0.395 e. The van der Waals surface area contributed by atoms with Crippen LogP contribution in [0.4, 0.5) is 0 Å². The average Bonchev–Trinajstić information content (AvgIpc) is 2.35. The number of aliphatic hydroxyl groups excluding tert-OH is 1. The molecule has 1 aliphatic rings. The van der Waals surface area contributed by atoms with Gasteiger partial charge in [0.2, 0.25) is 0 Å². The van der Waals surface area contributed by atoms with Crippen LogP contribution >= 0.6 is 0 Å². The summed E-state index contributed by atoms with van der Waals surface area (Å²) in [6, 6.07) is 0.748. The van der Waals surface area contributed by atoms with Gasteiger partial charge in [-0.25, -0.2) is 0 Å². The van der Waals surface area contributed by atoms with Crippen molar-refractivity contribution in [2.75, 3.05) is 20.2 Å². The Hall–Kier alpha value is -0.120. The number of nitrogens with two attached hydrogens (primary N) is 1. The molecule has 0 saturated heterocycles. The van der Waals surface area contributed by atoms with Crippen LogP contribution in [0.1, 0.15) is 47.0 Å². The molecule has 4 unspecified atom stereocenters. The normalized spacial score (nSPS) is 31.7. The van der Waals surface area contributed by atoms with Crippen molar-refractivity contribution in [2.24, 2.45) is 23.0 Å². The van der Waals surface area contributed by atoms with Crippen LogP contribution in [0.2, 0.25) is 0 Å². The standard InChI is InChI=1S/C15H32N2O/c1-11(10-18)17(5)14-8-13(15(2,3)4)7-6-12(14)9-16/h11-14,18H,6-10,16H2,1-5H3. The summed E-state index contributed by atoms with van der Waals surface area (Å²) in [5, 5.41) is 9.35. The van der Waals surface area contributed by atoms with Crippen LogP contribution in [-0.2, 0) is 0 Å². The van der Waals surface area contributed by atoms with Crippen molar-refractivity contribution in [1.29, 1.82) is 0 Å². The molecule has 0 heterocycles. The van der Waals surface area contributed by atoms with Crippen LogP contribution in [0.15, 0.2) is 0 Å². The molecule has 1 aliphatic carbocycles. The SMILES string of the molecule is CC(CO)N(C)C1CC(C(C)(C)C)CCC1CN. The fourth-order valence-corrected chi connectivity index (χ4v) is 3.23. The molecule has 3 N–H and O–H groups in total. The van der Waals surface area contributed by atoms with E-state index in [9.17, 15) is 5.11 Å². The Morgan fingerprint density at radius 2 is 1.94 bits per heavy atom. The maximum atomic E-state index is 9.35. The Labute approximate surface area is 113 Å². The first kappa shape index (κ1) is 15.9. The largest absolute Gasteiger partial charge is 0.395 e. The monoisotopic (exact) mass is 256 g/mol. The fourth-order valence-electron chi connectivity index (χ4n) is 3.23. The first-order valence-electron chi connectivity index (χ1n) is 7.34. The molecule has 18 heavy (non-hydrogen) atoms. The molecule has 0 radical (unpaired) electrons. The minimum atomic E-state index is 0.225. The Morgan fingerprint density at radius 3 is 2.39 bits per heavy atom. The van der Waals surface area contributed by atoms with E-state index in [-0.39, 0.29) is 12.6 Å². The quantitative estimate of drug-likeness (QED) is 0.810. The number of nitrogens with zero attached hydrogens (tertiary/aromatic N) is 1. The van der Waals surface area contributed by atoms with E-state index in [1.54, 1.807) is 0 Å². The first-order chi connectivity index (χ1) is 8.31. The molecule has 1 rings (SSSR count). The Balaban J connectivity index is 2.76. The van der Waals surface area contributed by atoms with E-state index in [0.29, 0.717) is 17.4 Å². The van der Waals surface area contributed by atoms with Crippen LogP contribution in [0, 0.1) is 17.3 Å². The van der Waals surface area contributed by atoms with Gasteiger partial charge in [-0.3, -0.25) is 4.90 Å². The third-order valence-corrected chi connectivity index (χ3v) is 4.97. The molecule has 0 aromatic carbocycles. The molecule has 0 aromatic heterocycles. The highest BCUT2D eigenvalue weighted by molar-refractivity contribution is 4.91. The highest BCUT2D eigenvalue weighted by Crippen LogP contribution is 2.41. The first-order valence-corrected chi connectivity index (χ1v) is 7.34. The molecule has 0 bridgehead atoms. The van der Waals surface area contributed by atoms with Gasteiger partial charge in [0.25, 0.3) is 0 Å². The second kappa shape index (κ2) is 6.36. The van der Waals surface area contributed by atoms with Crippen molar-refractivity contribution in [2.45, 2.75) is 59.0 Å². The lowest BCUT2D eigenvalue weighted by atomic mass is 9.67. The number of hydrogen-bond acceptors (Lipinski definition) is 3. The summed E-state index contributed by atoms with van der Waals surface area (Å²) in [7, 11) is 2.14. The van der Waals surface area contributed by atoms with Crippen molar-refractivity contribution in [1.82, 2.24) is 4.90 Å². The summed E-state index contributed by atoms with van der Waals surface area (Å²) >= 11 is 0.